The molecule has 57 heavy (non-hydrogen) atoms. The summed E-state index contributed by atoms with van der Waals surface area (Å²) in [6.07, 6.45) is -4.48. The second kappa shape index (κ2) is 16.7. The molecule has 22 heteroatoms. The zero-order chi connectivity index (χ0) is 42.1. The Kier molecular flexibility index (Phi) is 12.6. The van der Waals surface area contributed by atoms with E-state index in [4.69, 9.17) is 0 Å². The molecule has 11 N–H and O–H groups in total. The summed E-state index contributed by atoms with van der Waals surface area (Å²) in [4.78, 5) is 101. The number of H-pyrrole nitrogens is 1. The standard InChI is InChI=1S/C35H48N8O13S/c1-15-27(47)38-22-10-20-19-7-5-6-8-21(19)41-33(20)57(55,56)13-24(34(53)43-12-18(46)9-25(43)31(51)37-15)40-32(52)26(17(3)45)42-28(48)16(2)36-30(50)23(39-29(22)49)11-35(4,54)14-44/h5-8,15-18,22-26,41,44-46,54H,9-14H2,1-4H3,(H,36,50)(H,37,51)(H,38,47)(H,39,49)(H,40,52)(H,42,48). The number of aliphatic hydroxyl groups is 4. The Morgan fingerprint density at radius 1 is 0.842 bits per heavy atom. The van der Waals surface area contributed by atoms with Crippen molar-refractivity contribution in [3.63, 3.8) is 0 Å². The Labute approximate surface area is 326 Å². The summed E-state index contributed by atoms with van der Waals surface area (Å²) in [6, 6.07) is -5.35. The number of hydrogen-bond acceptors (Lipinski definition) is 13. The van der Waals surface area contributed by atoms with Crippen molar-refractivity contribution in [2.75, 3.05) is 18.9 Å². The summed E-state index contributed by atoms with van der Waals surface area (Å²) in [6.45, 7) is 3.42. The molecule has 3 aliphatic rings. The largest absolute Gasteiger partial charge is 0.393 e. The van der Waals surface area contributed by atoms with E-state index < -0.39 is 148 Å². The Morgan fingerprint density at radius 2 is 1.46 bits per heavy atom. The van der Waals surface area contributed by atoms with E-state index >= 15 is 0 Å². The van der Waals surface area contributed by atoms with Crippen molar-refractivity contribution in [3.8, 4) is 0 Å². The topological polar surface area (TPSA) is 326 Å². The molecule has 3 aliphatic heterocycles. The highest BCUT2D eigenvalue weighted by atomic mass is 32.2. The third-order valence-corrected chi connectivity index (χ3v) is 11.9. The number of benzene rings is 1. The van der Waals surface area contributed by atoms with E-state index in [-0.39, 0.29) is 22.9 Å². The van der Waals surface area contributed by atoms with Gasteiger partial charge in [-0.3, -0.25) is 33.6 Å². The fourth-order valence-corrected chi connectivity index (χ4v) is 8.69. The van der Waals surface area contributed by atoms with Gasteiger partial charge in [0.15, 0.2) is 9.84 Å². The number of aliphatic hydroxyl groups excluding tert-OH is 3. The quantitative estimate of drug-likeness (QED) is 0.138. The SMILES string of the molecule is CC1NC(=O)C(CC(C)(O)CO)NC(=O)C2Cc3c([nH]c4ccccc34)S(=O)(=O)CC(NC(=O)C(C(C)O)NC1=O)C(=O)N1CC(O)CC1C(=O)NC(C)C(=O)N2. The normalized spacial score (nSPS) is 31.0. The van der Waals surface area contributed by atoms with Crippen molar-refractivity contribution in [3.05, 3.63) is 29.8 Å². The summed E-state index contributed by atoms with van der Waals surface area (Å²) in [5.74, 6) is -8.58. The Morgan fingerprint density at radius 3 is 2.11 bits per heavy atom. The summed E-state index contributed by atoms with van der Waals surface area (Å²) < 4.78 is 29.1. The highest BCUT2D eigenvalue weighted by molar-refractivity contribution is 7.91. The van der Waals surface area contributed by atoms with Crippen LogP contribution in [0, 0.1) is 0 Å². The first-order valence-corrected chi connectivity index (χ1v) is 19.9. The number of carbonyl (C=O) groups is 7. The first-order valence-electron chi connectivity index (χ1n) is 18.3. The Balaban J connectivity index is 1.76. The van der Waals surface area contributed by atoms with Crippen LogP contribution in [0.1, 0.15) is 46.1 Å². The van der Waals surface area contributed by atoms with Gasteiger partial charge < -0.3 is 62.2 Å². The average molecular weight is 821 g/mol. The van der Waals surface area contributed by atoms with Crippen LogP contribution < -0.4 is 31.9 Å². The van der Waals surface area contributed by atoms with E-state index in [2.05, 4.69) is 36.9 Å². The monoisotopic (exact) mass is 820 g/mol. The first-order chi connectivity index (χ1) is 26.6. The van der Waals surface area contributed by atoms with Crippen LogP contribution in [-0.4, -0.2) is 159 Å². The average Bonchev–Trinajstić information content (AvgIpc) is 3.72. The minimum Gasteiger partial charge on any atom is -0.393 e. The van der Waals surface area contributed by atoms with Crippen LogP contribution >= 0.6 is 0 Å². The highest BCUT2D eigenvalue weighted by Gasteiger charge is 2.45. The number of amides is 7. The molecule has 10 atom stereocenters. The summed E-state index contributed by atoms with van der Waals surface area (Å²) in [5.41, 5.74) is -1.76. The van der Waals surface area contributed by atoms with Gasteiger partial charge in [-0.05, 0) is 39.3 Å². The molecule has 312 valence electrons. The molecule has 4 heterocycles. The number of sulfone groups is 1. The number of aromatic nitrogens is 1. The van der Waals surface area contributed by atoms with Gasteiger partial charge in [0.2, 0.25) is 41.4 Å². The van der Waals surface area contributed by atoms with E-state index in [0.29, 0.717) is 0 Å². The molecular weight excluding hydrogens is 772 g/mol. The minimum absolute atomic E-state index is 0.0446. The molecule has 1 aromatic heterocycles. The minimum atomic E-state index is -4.75. The fourth-order valence-electron chi connectivity index (χ4n) is 7.02. The van der Waals surface area contributed by atoms with Crippen molar-refractivity contribution in [1.82, 2.24) is 41.8 Å². The number of para-hydroxylation sites is 1. The molecule has 0 spiro atoms. The maximum absolute atomic E-state index is 14.5. The van der Waals surface area contributed by atoms with Crippen molar-refractivity contribution in [1.29, 1.82) is 0 Å². The van der Waals surface area contributed by atoms with Gasteiger partial charge in [-0.25, -0.2) is 8.42 Å². The molecule has 2 bridgehead atoms. The van der Waals surface area contributed by atoms with Crippen LogP contribution in [0.3, 0.4) is 0 Å². The predicted molar refractivity (Wildman–Crippen MR) is 197 cm³/mol. The van der Waals surface area contributed by atoms with Crippen molar-refractivity contribution < 1.29 is 62.4 Å². The van der Waals surface area contributed by atoms with E-state index in [1.807, 2.05) is 0 Å². The Hall–Kier alpha value is -5.16. The second-order valence-corrected chi connectivity index (χ2v) is 17.1. The van der Waals surface area contributed by atoms with E-state index in [1.165, 1.54) is 32.9 Å². The van der Waals surface area contributed by atoms with E-state index in [9.17, 15) is 62.4 Å². The summed E-state index contributed by atoms with van der Waals surface area (Å²) in [7, 11) is -4.75. The van der Waals surface area contributed by atoms with Gasteiger partial charge in [-0.1, -0.05) is 18.2 Å². The van der Waals surface area contributed by atoms with E-state index in [1.54, 1.807) is 12.1 Å². The number of fused-ring (bicyclic) bond motifs is 5. The predicted octanol–water partition coefficient (Wildman–Crippen LogP) is -5.06. The molecule has 7 amide bonds. The zero-order valence-electron chi connectivity index (χ0n) is 31.6. The molecule has 5 rings (SSSR count). The van der Waals surface area contributed by atoms with Crippen LogP contribution in [0.2, 0.25) is 0 Å². The molecule has 1 aromatic carbocycles. The number of aromatic amines is 1. The first kappa shape index (κ1) is 43.0. The molecule has 21 nitrogen and oxygen atoms in total. The lowest BCUT2D eigenvalue weighted by Gasteiger charge is -2.31. The van der Waals surface area contributed by atoms with Gasteiger partial charge in [0.1, 0.15) is 47.3 Å². The van der Waals surface area contributed by atoms with Crippen LogP contribution in [0.15, 0.2) is 29.3 Å². The summed E-state index contributed by atoms with van der Waals surface area (Å²) in [5, 5.41) is 55.9. The van der Waals surface area contributed by atoms with Crippen LogP contribution in [0.25, 0.3) is 10.9 Å². The van der Waals surface area contributed by atoms with Crippen molar-refractivity contribution >= 4 is 62.1 Å². The molecule has 2 aromatic rings. The number of nitrogens with one attached hydrogen (secondary N) is 7. The molecule has 1 fully saturated rings. The fraction of sp³-hybridized carbons (Fsp3) is 0.571. The second-order valence-electron chi connectivity index (χ2n) is 15.1. The number of nitrogens with zero attached hydrogens (tertiary/aromatic N) is 1. The third kappa shape index (κ3) is 9.52. The van der Waals surface area contributed by atoms with E-state index in [0.717, 1.165) is 11.8 Å². The molecule has 0 aliphatic carbocycles. The van der Waals surface area contributed by atoms with Crippen molar-refractivity contribution in [2.45, 2.75) is 112 Å². The smallest absolute Gasteiger partial charge is 0.246 e. The van der Waals surface area contributed by atoms with Gasteiger partial charge in [-0.2, -0.15) is 0 Å². The number of rotatable bonds is 4. The lowest BCUT2D eigenvalue weighted by atomic mass is 9.96. The lowest BCUT2D eigenvalue weighted by molar-refractivity contribution is -0.142. The highest BCUT2D eigenvalue weighted by Crippen LogP contribution is 2.30. The van der Waals surface area contributed by atoms with Crippen LogP contribution in [0.5, 0.6) is 0 Å². The molecule has 0 radical (unpaired) electrons. The Bertz CT molecular complexity index is 2050. The summed E-state index contributed by atoms with van der Waals surface area (Å²) >= 11 is 0. The number of hydrogen-bond donors (Lipinski definition) is 11. The molecule has 1 saturated heterocycles. The maximum atomic E-state index is 14.5. The third-order valence-electron chi connectivity index (χ3n) is 10.2. The van der Waals surface area contributed by atoms with Crippen LogP contribution in [-0.2, 0) is 49.8 Å². The molecular formula is C35H48N8O13S. The maximum Gasteiger partial charge on any atom is 0.246 e. The van der Waals surface area contributed by atoms with Gasteiger partial charge in [0.25, 0.3) is 0 Å². The van der Waals surface area contributed by atoms with Gasteiger partial charge in [-0.15, -0.1) is 0 Å². The van der Waals surface area contributed by atoms with Gasteiger partial charge >= 0.3 is 0 Å². The molecule has 0 saturated carbocycles. The van der Waals surface area contributed by atoms with Gasteiger partial charge in [0.05, 0.1) is 30.2 Å². The van der Waals surface area contributed by atoms with Crippen molar-refractivity contribution in [2.24, 2.45) is 0 Å². The van der Waals surface area contributed by atoms with Gasteiger partial charge in [0, 0.05) is 36.7 Å². The molecule has 10 unspecified atom stereocenters. The zero-order valence-corrected chi connectivity index (χ0v) is 32.4. The number of carbonyl (C=O) groups excluding carboxylic acids is 7. The lowest BCUT2D eigenvalue weighted by Crippen LogP contribution is -2.62. The van der Waals surface area contributed by atoms with Crippen LogP contribution in [0.4, 0.5) is 0 Å².